The van der Waals surface area contributed by atoms with E-state index in [1.54, 1.807) is 0 Å². The molecule has 0 aliphatic carbocycles. The quantitative estimate of drug-likeness (QED) is 0.0767. The van der Waals surface area contributed by atoms with Crippen LogP contribution in [0.4, 0.5) is 0 Å². The largest absolute Gasteiger partial charge is 0.500 e. The highest BCUT2D eigenvalue weighted by atomic mass is 33.2. The van der Waals surface area contributed by atoms with E-state index in [1.165, 1.54) is 0 Å². The van der Waals surface area contributed by atoms with Crippen molar-refractivity contribution in [3.63, 3.8) is 0 Å². The average Bonchev–Trinajstić information content (AvgIpc) is 2.76. The second-order valence-electron chi connectivity index (χ2n) is 6.76. The van der Waals surface area contributed by atoms with Gasteiger partial charge in [0.1, 0.15) is 0 Å². The Labute approximate surface area is 213 Å². The molecule has 6 nitrogen and oxygen atoms in total. The SMILES string of the molecule is CCO[Si](CCCSP(=S)(CC)SCCC[Si](OCC)(OCC)OCC)(OCC)OCC. The minimum atomic E-state index is -2.56. The third-order valence-corrected chi connectivity index (χ3v) is 22.8. The van der Waals surface area contributed by atoms with Crippen molar-refractivity contribution in [3.8, 4) is 0 Å². The van der Waals surface area contributed by atoms with E-state index in [9.17, 15) is 0 Å². The molecule has 0 saturated carbocycles. The Balaban J connectivity index is 4.64. The van der Waals surface area contributed by atoms with Gasteiger partial charge in [0.05, 0.1) is 4.44 Å². The van der Waals surface area contributed by atoms with Crippen LogP contribution in [0.2, 0.25) is 12.1 Å². The molecule has 0 aromatic rings. The van der Waals surface area contributed by atoms with Crippen LogP contribution in [0.25, 0.3) is 0 Å². The predicted molar refractivity (Wildman–Crippen MR) is 150 cm³/mol. The first-order valence-electron chi connectivity index (χ1n) is 12.1. The van der Waals surface area contributed by atoms with Crippen LogP contribution in [0.5, 0.6) is 0 Å². The molecule has 0 aliphatic rings. The Morgan fingerprint density at radius 1 is 0.562 bits per heavy atom. The zero-order chi connectivity index (χ0) is 24.3. The van der Waals surface area contributed by atoms with Crippen LogP contribution in [0, 0.1) is 0 Å². The second-order valence-corrected chi connectivity index (χ2v) is 24.7. The molecule has 0 spiro atoms. The van der Waals surface area contributed by atoms with Crippen molar-refractivity contribution in [2.24, 2.45) is 0 Å². The van der Waals surface area contributed by atoms with Crippen LogP contribution in [0.1, 0.15) is 61.3 Å². The van der Waals surface area contributed by atoms with E-state index in [0.29, 0.717) is 39.6 Å². The fourth-order valence-corrected chi connectivity index (χ4v) is 17.6. The molecule has 0 N–H and O–H groups in total. The predicted octanol–water partition coefficient (Wildman–Crippen LogP) is 6.66. The number of hydrogen-bond donors (Lipinski definition) is 0. The normalized spacial score (nSPS) is 13.1. The monoisotopic (exact) mass is 566 g/mol. The maximum atomic E-state index is 6.10. The summed E-state index contributed by atoms with van der Waals surface area (Å²) in [6.07, 6.45) is 3.06. The highest BCUT2D eigenvalue weighted by molar-refractivity contribution is 9.00. The number of hydrogen-bond acceptors (Lipinski definition) is 9. The number of rotatable bonds is 23. The lowest BCUT2D eigenvalue weighted by molar-refractivity contribution is 0.0704. The van der Waals surface area contributed by atoms with Crippen molar-refractivity contribution < 1.29 is 26.6 Å². The lowest BCUT2D eigenvalue weighted by Crippen LogP contribution is -2.46. The first-order valence-corrected chi connectivity index (χ1v) is 22.1. The molecule has 12 heteroatoms. The summed E-state index contributed by atoms with van der Waals surface area (Å²) in [5.74, 6) is 2.05. The van der Waals surface area contributed by atoms with E-state index >= 15 is 0 Å². The van der Waals surface area contributed by atoms with Crippen LogP contribution in [-0.2, 0) is 38.4 Å². The third-order valence-electron chi connectivity index (χ3n) is 4.40. The molecular weight excluding hydrogens is 520 g/mol. The van der Waals surface area contributed by atoms with Gasteiger partial charge in [-0.05, 0) is 72.1 Å². The highest BCUT2D eigenvalue weighted by Gasteiger charge is 2.40. The zero-order valence-corrected chi connectivity index (χ0v) is 26.7. The van der Waals surface area contributed by atoms with E-state index in [1.807, 2.05) is 64.3 Å². The van der Waals surface area contributed by atoms with Crippen LogP contribution in [-0.4, -0.2) is 74.9 Å². The van der Waals surface area contributed by atoms with Gasteiger partial charge in [-0.1, -0.05) is 18.7 Å². The van der Waals surface area contributed by atoms with Crippen molar-refractivity contribution in [2.75, 3.05) is 57.3 Å². The minimum Gasteiger partial charge on any atom is -0.374 e. The summed E-state index contributed by atoms with van der Waals surface area (Å²) >= 11 is 10.0. The van der Waals surface area contributed by atoms with Crippen molar-refractivity contribution in [1.82, 2.24) is 0 Å². The first kappa shape index (κ1) is 33.5. The topological polar surface area (TPSA) is 55.4 Å². The average molecular weight is 567 g/mol. The molecule has 0 aliphatic heterocycles. The van der Waals surface area contributed by atoms with Crippen molar-refractivity contribution >= 4 is 56.6 Å². The van der Waals surface area contributed by atoms with Gasteiger partial charge in [0.15, 0.2) is 0 Å². The Bertz CT molecular complexity index is 436. The molecule has 0 fully saturated rings. The summed E-state index contributed by atoms with van der Waals surface area (Å²) in [7, 11) is -5.11. The van der Waals surface area contributed by atoms with Gasteiger partial charge in [-0.25, -0.2) is 0 Å². The second kappa shape index (κ2) is 19.7. The van der Waals surface area contributed by atoms with Crippen LogP contribution in [0.3, 0.4) is 0 Å². The van der Waals surface area contributed by atoms with Gasteiger partial charge in [-0.3, -0.25) is 0 Å². The van der Waals surface area contributed by atoms with E-state index < -0.39 is 22.1 Å². The van der Waals surface area contributed by atoms with Crippen LogP contribution < -0.4 is 0 Å². The van der Waals surface area contributed by atoms with Crippen molar-refractivity contribution in [2.45, 2.75) is 73.4 Å². The van der Waals surface area contributed by atoms with Crippen LogP contribution >= 0.6 is 27.2 Å². The molecule has 194 valence electrons. The maximum Gasteiger partial charge on any atom is 0.500 e. The lowest BCUT2D eigenvalue weighted by Gasteiger charge is -2.29. The lowest BCUT2D eigenvalue weighted by atomic mass is 10.6. The maximum absolute atomic E-state index is 6.10. The van der Waals surface area contributed by atoms with E-state index in [4.69, 9.17) is 38.4 Å². The van der Waals surface area contributed by atoms with Gasteiger partial charge >= 0.3 is 17.6 Å². The van der Waals surface area contributed by atoms with E-state index in [0.717, 1.165) is 42.6 Å². The highest BCUT2D eigenvalue weighted by Crippen LogP contribution is 2.69. The molecule has 0 bridgehead atoms. The van der Waals surface area contributed by atoms with Gasteiger partial charge in [0, 0.05) is 51.7 Å². The molecule has 0 unspecified atom stereocenters. The molecule has 0 aromatic heterocycles. The van der Waals surface area contributed by atoms with Gasteiger partial charge in [-0.2, -0.15) is 0 Å². The van der Waals surface area contributed by atoms with Crippen molar-refractivity contribution in [1.29, 1.82) is 0 Å². The fourth-order valence-electron chi connectivity index (χ4n) is 3.21. The van der Waals surface area contributed by atoms with E-state index in [2.05, 4.69) is 6.92 Å². The Hall–Kier alpha value is 1.54. The summed E-state index contributed by atoms with van der Waals surface area (Å²) in [5.41, 5.74) is 0. The molecule has 0 rings (SSSR count). The van der Waals surface area contributed by atoms with Gasteiger partial charge in [0.2, 0.25) is 0 Å². The summed E-state index contributed by atoms with van der Waals surface area (Å²) < 4.78 is 34.3. The molecule has 0 radical (unpaired) electrons. The smallest absolute Gasteiger partial charge is 0.374 e. The molecule has 0 amide bonds. The molecule has 0 aromatic carbocycles. The standard InChI is InChI=1S/C20H47O6PS3Si2/c1-8-21-31(22-9-2,23-10-3)19-15-17-29-27(28,14-7)30-18-16-20-32(24-11-4,25-12-5)26-13-6/h8-20H2,1-7H3. The van der Waals surface area contributed by atoms with Crippen LogP contribution in [0.15, 0.2) is 0 Å². The van der Waals surface area contributed by atoms with Gasteiger partial charge in [-0.15, -0.1) is 22.8 Å². The Morgan fingerprint density at radius 2 is 0.844 bits per heavy atom. The molecule has 0 heterocycles. The van der Waals surface area contributed by atoms with Gasteiger partial charge in [0.25, 0.3) is 0 Å². The Morgan fingerprint density at radius 3 is 1.06 bits per heavy atom. The summed E-state index contributed by atoms with van der Waals surface area (Å²) in [6.45, 7) is 18.0. The summed E-state index contributed by atoms with van der Waals surface area (Å²) in [4.78, 5) is 0. The third kappa shape index (κ3) is 13.6. The summed E-state index contributed by atoms with van der Waals surface area (Å²) in [6, 6.07) is 1.70. The summed E-state index contributed by atoms with van der Waals surface area (Å²) in [5, 5.41) is 0. The van der Waals surface area contributed by atoms with E-state index in [-0.39, 0.29) is 0 Å². The minimum absolute atomic E-state index is 0.623. The zero-order valence-electron chi connectivity index (χ0n) is 21.3. The Kier molecular flexibility index (Phi) is 20.6. The molecule has 0 saturated heterocycles. The molecule has 32 heavy (non-hydrogen) atoms. The fraction of sp³-hybridized carbons (Fsp3) is 1.00. The molecular formula is C20H47O6PS3Si2. The molecule has 0 atom stereocenters. The van der Waals surface area contributed by atoms with Gasteiger partial charge < -0.3 is 26.6 Å². The first-order chi connectivity index (χ1) is 15.3. The van der Waals surface area contributed by atoms with Crippen molar-refractivity contribution in [3.05, 3.63) is 0 Å².